The third-order valence-electron chi connectivity index (χ3n) is 3.51. The first kappa shape index (κ1) is 14.9. The zero-order chi connectivity index (χ0) is 13.3. The number of hydrogen-bond donors (Lipinski definition) is 2. The highest BCUT2D eigenvalue weighted by molar-refractivity contribution is 7.09. The van der Waals surface area contributed by atoms with Crippen LogP contribution in [0.4, 0.5) is 0 Å². The number of nitrogens with zero attached hydrogens (tertiary/aromatic N) is 1. The first-order valence-corrected chi connectivity index (χ1v) is 8.23. The van der Waals surface area contributed by atoms with Crippen molar-refractivity contribution in [2.45, 2.75) is 44.8 Å². The van der Waals surface area contributed by atoms with E-state index in [1.807, 2.05) is 11.6 Å². The van der Waals surface area contributed by atoms with Crippen LogP contribution in [0, 0.1) is 0 Å². The molecule has 19 heavy (non-hydrogen) atoms. The average molecular weight is 283 g/mol. The van der Waals surface area contributed by atoms with Gasteiger partial charge in [-0.25, -0.2) is 4.98 Å². The van der Waals surface area contributed by atoms with Gasteiger partial charge in [0.2, 0.25) is 0 Å². The molecule has 4 nitrogen and oxygen atoms in total. The van der Waals surface area contributed by atoms with Crippen LogP contribution in [0.1, 0.15) is 43.7 Å². The zero-order valence-corrected chi connectivity index (χ0v) is 12.5. The van der Waals surface area contributed by atoms with Gasteiger partial charge in [-0.15, -0.1) is 11.3 Å². The predicted molar refractivity (Wildman–Crippen MR) is 79.6 cm³/mol. The molecule has 0 amide bonds. The van der Waals surface area contributed by atoms with Gasteiger partial charge in [0.25, 0.3) is 0 Å². The van der Waals surface area contributed by atoms with Crippen molar-refractivity contribution >= 4 is 11.3 Å². The Morgan fingerprint density at radius 1 is 1.53 bits per heavy atom. The molecule has 1 atom stereocenters. The Morgan fingerprint density at radius 3 is 3.05 bits per heavy atom. The summed E-state index contributed by atoms with van der Waals surface area (Å²) in [4.78, 5) is 4.38. The summed E-state index contributed by atoms with van der Waals surface area (Å²) >= 11 is 1.73. The maximum Gasteiger partial charge on any atom is 0.109 e. The molecule has 0 aliphatic carbocycles. The van der Waals surface area contributed by atoms with E-state index in [0.29, 0.717) is 12.1 Å². The normalized spacial score (nSPS) is 18.6. The van der Waals surface area contributed by atoms with Crippen LogP contribution in [-0.2, 0) is 4.74 Å². The summed E-state index contributed by atoms with van der Waals surface area (Å²) in [5.74, 6) is 0. The van der Waals surface area contributed by atoms with Crippen LogP contribution in [0.2, 0.25) is 0 Å². The van der Waals surface area contributed by atoms with Gasteiger partial charge < -0.3 is 15.4 Å². The quantitative estimate of drug-likeness (QED) is 0.719. The maximum absolute atomic E-state index is 5.90. The van der Waals surface area contributed by atoms with Gasteiger partial charge in [-0.05, 0) is 45.3 Å². The minimum Gasteiger partial charge on any atom is -0.378 e. The van der Waals surface area contributed by atoms with Crippen molar-refractivity contribution in [1.29, 1.82) is 0 Å². The Labute approximate surface area is 120 Å². The van der Waals surface area contributed by atoms with E-state index >= 15 is 0 Å². The van der Waals surface area contributed by atoms with Crippen LogP contribution < -0.4 is 10.6 Å². The molecule has 2 heterocycles. The van der Waals surface area contributed by atoms with Crippen LogP contribution in [0.25, 0.3) is 0 Å². The second-order valence-electron chi connectivity index (χ2n) is 4.96. The summed E-state index contributed by atoms with van der Waals surface area (Å²) in [6.45, 7) is 6.27. The van der Waals surface area contributed by atoms with E-state index < -0.39 is 0 Å². The molecule has 1 aromatic heterocycles. The topological polar surface area (TPSA) is 46.2 Å². The molecule has 108 valence electrons. The number of nitrogens with one attached hydrogen (secondary N) is 2. The largest absolute Gasteiger partial charge is 0.378 e. The number of aromatic nitrogens is 1. The molecule has 1 aliphatic rings. The lowest BCUT2D eigenvalue weighted by Crippen LogP contribution is -2.33. The molecule has 0 radical (unpaired) electrons. The Kier molecular flexibility index (Phi) is 6.78. The van der Waals surface area contributed by atoms with E-state index in [1.54, 1.807) is 11.3 Å². The predicted octanol–water partition coefficient (Wildman–Crippen LogP) is 2.34. The van der Waals surface area contributed by atoms with Crippen LogP contribution in [-0.4, -0.2) is 37.3 Å². The molecular formula is C14H25N3OS. The molecule has 1 aliphatic heterocycles. The zero-order valence-electron chi connectivity index (χ0n) is 11.7. The van der Waals surface area contributed by atoms with Gasteiger partial charge in [-0.1, -0.05) is 6.92 Å². The van der Waals surface area contributed by atoms with Crippen LogP contribution in [0.15, 0.2) is 11.6 Å². The number of piperidine rings is 1. The summed E-state index contributed by atoms with van der Waals surface area (Å²) < 4.78 is 5.90. The summed E-state index contributed by atoms with van der Waals surface area (Å²) in [7, 11) is 0. The fourth-order valence-electron chi connectivity index (χ4n) is 2.37. The second-order valence-corrected chi connectivity index (χ2v) is 5.89. The van der Waals surface area contributed by atoms with E-state index in [2.05, 4.69) is 22.5 Å². The fraction of sp³-hybridized carbons (Fsp3) is 0.786. The molecule has 2 N–H and O–H groups in total. The SMILES string of the molecule is CCC(NCCCOC1CCNCC1)c1nccs1. The molecule has 0 spiro atoms. The Balaban J connectivity index is 1.55. The van der Waals surface area contributed by atoms with Gasteiger partial charge in [-0.2, -0.15) is 0 Å². The number of hydrogen-bond acceptors (Lipinski definition) is 5. The van der Waals surface area contributed by atoms with Crippen molar-refractivity contribution < 1.29 is 4.74 Å². The fourth-order valence-corrected chi connectivity index (χ4v) is 3.17. The van der Waals surface area contributed by atoms with Crippen molar-refractivity contribution in [3.63, 3.8) is 0 Å². The van der Waals surface area contributed by atoms with Crippen LogP contribution in [0.3, 0.4) is 0 Å². The lowest BCUT2D eigenvalue weighted by Gasteiger charge is -2.23. The standard InChI is InChI=1S/C14H25N3OS/c1-2-13(14-17-9-11-19-14)16-6-3-10-18-12-4-7-15-8-5-12/h9,11-13,15-16H,2-8,10H2,1H3. The highest BCUT2D eigenvalue weighted by Crippen LogP contribution is 2.18. The summed E-state index contributed by atoms with van der Waals surface area (Å²) in [6.07, 6.45) is 6.83. The van der Waals surface area contributed by atoms with Crippen molar-refractivity contribution in [2.24, 2.45) is 0 Å². The lowest BCUT2D eigenvalue weighted by atomic mass is 10.1. The van der Waals surface area contributed by atoms with E-state index in [4.69, 9.17) is 4.74 Å². The molecule has 1 saturated heterocycles. The number of rotatable bonds is 8. The van der Waals surface area contributed by atoms with E-state index in [9.17, 15) is 0 Å². The molecule has 5 heteroatoms. The van der Waals surface area contributed by atoms with E-state index in [-0.39, 0.29) is 0 Å². The monoisotopic (exact) mass is 283 g/mol. The number of ether oxygens (including phenoxy) is 1. The number of thiazole rings is 1. The smallest absolute Gasteiger partial charge is 0.109 e. The minimum absolute atomic E-state index is 0.402. The highest BCUT2D eigenvalue weighted by Gasteiger charge is 2.13. The van der Waals surface area contributed by atoms with Crippen LogP contribution in [0.5, 0.6) is 0 Å². The summed E-state index contributed by atoms with van der Waals surface area (Å²) in [5.41, 5.74) is 0. The van der Waals surface area contributed by atoms with Crippen molar-refractivity contribution in [1.82, 2.24) is 15.6 Å². The maximum atomic E-state index is 5.90. The van der Waals surface area contributed by atoms with E-state index in [1.165, 1.54) is 5.01 Å². The third-order valence-corrected chi connectivity index (χ3v) is 4.40. The van der Waals surface area contributed by atoms with Gasteiger partial charge in [0.15, 0.2) is 0 Å². The second kappa shape index (κ2) is 8.64. The van der Waals surface area contributed by atoms with Crippen molar-refractivity contribution in [2.75, 3.05) is 26.2 Å². The molecular weight excluding hydrogens is 258 g/mol. The highest BCUT2D eigenvalue weighted by atomic mass is 32.1. The molecule has 0 saturated carbocycles. The van der Waals surface area contributed by atoms with E-state index in [0.717, 1.165) is 51.9 Å². The van der Waals surface area contributed by atoms with Crippen LogP contribution >= 0.6 is 11.3 Å². The molecule has 1 fully saturated rings. The Morgan fingerprint density at radius 2 is 2.37 bits per heavy atom. The van der Waals surface area contributed by atoms with Gasteiger partial charge >= 0.3 is 0 Å². The third kappa shape index (κ3) is 5.18. The minimum atomic E-state index is 0.402. The van der Waals surface area contributed by atoms with Gasteiger partial charge in [0, 0.05) is 18.2 Å². The molecule has 0 aromatic carbocycles. The summed E-state index contributed by atoms with van der Waals surface area (Å²) in [5, 5.41) is 10.2. The lowest BCUT2D eigenvalue weighted by molar-refractivity contribution is 0.0315. The van der Waals surface area contributed by atoms with Crippen molar-refractivity contribution in [3.8, 4) is 0 Å². The average Bonchev–Trinajstić information content (AvgIpc) is 2.98. The Bertz CT molecular complexity index is 325. The molecule has 2 rings (SSSR count). The molecule has 1 unspecified atom stereocenters. The molecule has 1 aromatic rings. The van der Waals surface area contributed by atoms with Crippen molar-refractivity contribution in [3.05, 3.63) is 16.6 Å². The first-order chi connectivity index (χ1) is 9.40. The Hall–Kier alpha value is -0.490. The summed E-state index contributed by atoms with van der Waals surface area (Å²) in [6, 6.07) is 0.402. The first-order valence-electron chi connectivity index (χ1n) is 7.35. The molecule has 0 bridgehead atoms. The van der Waals surface area contributed by atoms with Gasteiger partial charge in [-0.3, -0.25) is 0 Å². The van der Waals surface area contributed by atoms with Gasteiger partial charge in [0.1, 0.15) is 5.01 Å². The van der Waals surface area contributed by atoms with Gasteiger partial charge in [0.05, 0.1) is 12.1 Å².